The van der Waals surface area contributed by atoms with E-state index in [0.717, 1.165) is 11.1 Å². The minimum atomic E-state index is -0.626. The molecule has 0 heterocycles. The lowest BCUT2D eigenvalue weighted by atomic mass is 10.0. The number of carbonyl (C=O) groups is 2. The molecule has 28 heavy (non-hydrogen) atoms. The summed E-state index contributed by atoms with van der Waals surface area (Å²) in [5.41, 5.74) is 1.78. The minimum absolute atomic E-state index is 0.107. The van der Waals surface area contributed by atoms with Gasteiger partial charge in [0.25, 0.3) is 0 Å². The Labute approximate surface area is 166 Å². The summed E-state index contributed by atoms with van der Waals surface area (Å²) in [4.78, 5) is 27.3. The van der Waals surface area contributed by atoms with Gasteiger partial charge in [0.15, 0.2) is 0 Å². The van der Waals surface area contributed by atoms with Crippen molar-refractivity contribution in [3.63, 3.8) is 0 Å². The van der Waals surface area contributed by atoms with E-state index < -0.39 is 6.04 Å². The number of nitrogens with zero attached hydrogens (tertiary/aromatic N) is 1. The summed E-state index contributed by atoms with van der Waals surface area (Å²) in [7, 11) is 0. The molecule has 0 aliphatic carbocycles. The maximum atomic E-state index is 13.3. The first-order valence-electron chi connectivity index (χ1n) is 9.76. The van der Waals surface area contributed by atoms with Gasteiger partial charge < -0.3 is 10.2 Å². The summed E-state index contributed by atoms with van der Waals surface area (Å²) >= 11 is 0. The Morgan fingerprint density at radius 3 is 2.21 bits per heavy atom. The number of hydrogen-bond acceptors (Lipinski definition) is 2. The van der Waals surface area contributed by atoms with Crippen molar-refractivity contribution in [1.82, 2.24) is 10.2 Å². The van der Waals surface area contributed by atoms with Crippen LogP contribution in [0.3, 0.4) is 0 Å². The third-order valence-corrected chi connectivity index (χ3v) is 4.52. The van der Waals surface area contributed by atoms with Gasteiger partial charge in [-0.05, 0) is 29.2 Å². The lowest BCUT2D eigenvalue weighted by molar-refractivity contribution is -0.141. The van der Waals surface area contributed by atoms with E-state index in [-0.39, 0.29) is 24.2 Å². The summed E-state index contributed by atoms with van der Waals surface area (Å²) in [5, 5.41) is 2.96. The Hall–Kier alpha value is -2.69. The van der Waals surface area contributed by atoms with Crippen LogP contribution in [-0.4, -0.2) is 29.3 Å². The molecule has 0 saturated carbocycles. The molecule has 0 fully saturated rings. The van der Waals surface area contributed by atoms with Crippen LogP contribution in [0.5, 0.6) is 0 Å². The molecule has 0 radical (unpaired) electrons. The van der Waals surface area contributed by atoms with E-state index in [9.17, 15) is 14.0 Å². The van der Waals surface area contributed by atoms with E-state index in [1.54, 1.807) is 24.0 Å². The fourth-order valence-electron chi connectivity index (χ4n) is 2.97. The molecule has 2 aromatic rings. The topological polar surface area (TPSA) is 49.4 Å². The van der Waals surface area contributed by atoms with Gasteiger partial charge >= 0.3 is 0 Å². The molecule has 0 aromatic heterocycles. The van der Waals surface area contributed by atoms with Crippen molar-refractivity contribution in [3.05, 3.63) is 71.5 Å². The van der Waals surface area contributed by atoms with Gasteiger partial charge in [-0.15, -0.1) is 0 Å². The van der Waals surface area contributed by atoms with Crippen LogP contribution in [0.15, 0.2) is 54.6 Å². The quantitative estimate of drug-likeness (QED) is 0.712. The van der Waals surface area contributed by atoms with Crippen molar-refractivity contribution >= 4 is 11.8 Å². The van der Waals surface area contributed by atoms with Crippen molar-refractivity contribution in [2.24, 2.45) is 5.92 Å². The monoisotopic (exact) mass is 384 g/mol. The van der Waals surface area contributed by atoms with Crippen LogP contribution < -0.4 is 5.32 Å². The van der Waals surface area contributed by atoms with Gasteiger partial charge in [-0.3, -0.25) is 9.59 Å². The van der Waals surface area contributed by atoms with Crippen LogP contribution in [0.25, 0.3) is 0 Å². The molecule has 1 N–H and O–H groups in total. The SMILES string of the molecule is CCC(=O)N(Cc1ccc(F)cc1)[C@@H](Cc1ccccc1)C(=O)NCC(C)C. The number of nitrogens with one attached hydrogen (secondary N) is 1. The Kier molecular flexibility index (Phi) is 8.18. The molecule has 0 aliphatic rings. The Balaban J connectivity index is 2.31. The van der Waals surface area contributed by atoms with Crippen LogP contribution in [0.2, 0.25) is 0 Å². The molecule has 0 saturated heterocycles. The third-order valence-electron chi connectivity index (χ3n) is 4.52. The molecule has 1 atom stereocenters. The molecule has 5 heteroatoms. The zero-order chi connectivity index (χ0) is 20.5. The van der Waals surface area contributed by atoms with Crippen LogP contribution in [-0.2, 0) is 22.6 Å². The van der Waals surface area contributed by atoms with Crippen molar-refractivity contribution in [3.8, 4) is 0 Å². The van der Waals surface area contributed by atoms with Crippen LogP contribution in [0.1, 0.15) is 38.3 Å². The molecule has 0 aliphatic heterocycles. The molecular weight excluding hydrogens is 355 g/mol. The van der Waals surface area contributed by atoms with Crippen LogP contribution in [0, 0.1) is 11.7 Å². The summed E-state index contributed by atoms with van der Waals surface area (Å²) in [6.45, 7) is 6.65. The standard InChI is InChI=1S/C23H29FN2O2/c1-4-22(27)26(16-19-10-12-20(24)13-11-19)21(23(28)25-15-17(2)3)14-18-8-6-5-7-9-18/h5-13,17,21H,4,14-16H2,1-3H3,(H,25,28)/t21-/m0/s1. The van der Waals surface area contributed by atoms with Gasteiger partial charge in [0.05, 0.1) is 0 Å². The second kappa shape index (κ2) is 10.6. The van der Waals surface area contributed by atoms with Gasteiger partial charge in [0.1, 0.15) is 11.9 Å². The predicted octanol–water partition coefficient (Wildman–Crippen LogP) is 3.95. The summed E-state index contributed by atoms with van der Waals surface area (Å²) in [6, 6.07) is 15.1. The highest BCUT2D eigenvalue weighted by molar-refractivity contribution is 5.87. The van der Waals surface area contributed by atoms with Crippen molar-refractivity contribution < 1.29 is 14.0 Å². The lowest BCUT2D eigenvalue weighted by Gasteiger charge is -2.31. The number of amides is 2. The first-order chi connectivity index (χ1) is 13.4. The largest absolute Gasteiger partial charge is 0.354 e. The van der Waals surface area contributed by atoms with Gasteiger partial charge in [-0.25, -0.2) is 4.39 Å². The van der Waals surface area contributed by atoms with Crippen molar-refractivity contribution in [2.45, 2.75) is 46.2 Å². The summed E-state index contributed by atoms with van der Waals surface area (Å²) in [5.74, 6) is -0.284. The molecular formula is C23H29FN2O2. The first kappa shape index (κ1) is 21.6. The normalized spacial score (nSPS) is 11.9. The van der Waals surface area contributed by atoms with Crippen LogP contribution >= 0.6 is 0 Å². The maximum Gasteiger partial charge on any atom is 0.243 e. The molecule has 0 spiro atoms. The van der Waals surface area contributed by atoms with Gasteiger partial charge in [-0.1, -0.05) is 63.2 Å². The number of rotatable bonds is 9. The molecule has 2 aromatic carbocycles. The molecule has 150 valence electrons. The number of carbonyl (C=O) groups excluding carboxylic acids is 2. The molecule has 0 bridgehead atoms. The average Bonchev–Trinajstić information content (AvgIpc) is 2.70. The van der Waals surface area contributed by atoms with E-state index in [4.69, 9.17) is 0 Å². The second-order valence-corrected chi connectivity index (χ2v) is 7.35. The summed E-state index contributed by atoms with van der Waals surface area (Å²) < 4.78 is 13.3. The lowest BCUT2D eigenvalue weighted by Crippen LogP contribution is -2.50. The highest BCUT2D eigenvalue weighted by atomic mass is 19.1. The number of halogens is 1. The van der Waals surface area contributed by atoms with Crippen LogP contribution in [0.4, 0.5) is 4.39 Å². The minimum Gasteiger partial charge on any atom is -0.354 e. The number of benzene rings is 2. The fraction of sp³-hybridized carbons (Fsp3) is 0.391. The van der Waals surface area contributed by atoms with Crippen molar-refractivity contribution in [2.75, 3.05) is 6.54 Å². The van der Waals surface area contributed by atoms with Gasteiger partial charge in [-0.2, -0.15) is 0 Å². The smallest absolute Gasteiger partial charge is 0.243 e. The second-order valence-electron chi connectivity index (χ2n) is 7.35. The van der Waals surface area contributed by atoms with E-state index >= 15 is 0 Å². The molecule has 2 rings (SSSR count). The highest BCUT2D eigenvalue weighted by Crippen LogP contribution is 2.16. The zero-order valence-electron chi connectivity index (χ0n) is 16.8. The van der Waals surface area contributed by atoms with Gasteiger partial charge in [0.2, 0.25) is 11.8 Å². The van der Waals surface area contributed by atoms with Crippen molar-refractivity contribution in [1.29, 1.82) is 0 Å². The Morgan fingerprint density at radius 1 is 1.00 bits per heavy atom. The Morgan fingerprint density at radius 2 is 1.64 bits per heavy atom. The van der Waals surface area contributed by atoms with E-state index in [1.165, 1.54) is 12.1 Å². The maximum absolute atomic E-state index is 13.3. The van der Waals surface area contributed by atoms with E-state index in [0.29, 0.717) is 25.3 Å². The zero-order valence-corrected chi connectivity index (χ0v) is 16.8. The van der Waals surface area contributed by atoms with E-state index in [1.807, 2.05) is 44.2 Å². The first-order valence-corrected chi connectivity index (χ1v) is 9.76. The number of hydrogen-bond donors (Lipinski definition) is 1. The average molecular weight is 384 g/mol. The van der Waals surface area contributed by atoms with E-state index in [2.05, 4.69) is 5.32 Å². The third kappa shape index (κ3) is 6.48. The Bertz CT molecular complexity index is 760. The molecule has 0 unspecified atom stereocenters. The molecule has 2 amide bonds. The fourth-order valence-corrected chi connectivity index (χ4v) is 2.97. The molecule has 4 nitrogen and oxygen atoms in total. The highest BCUT2D eigenvalue weighted by Gasteiger charge is 2.29. The van der Waals surface area contributed by atoms with Gasteiger partial charge in [0, 0.05) is 25.9 Å². The summed E-state index contributed by atoms with van der Waals surface area (Å²) in [6.07, 6.45) is 0.724. The predicted molar refractivity (Wildman–Crippen MR) is 109 cm³/mol.